The number of nitrogens with one attached hydrogen (secondary N) is 5. The summed E-state index contributed by atoms with van der Waals surface area (Å²) in [6, 6.07) is 0.226. The van der Waals surface area contributed by atoms with Crippen molar-refractivity contribution >= 4 is 47.4 Å². The van der Waals surface area contributed by atoms with E-state index < -0.39 is 98.0 Å². The van der Waals surface area contributed by atoms with E-state index >= 15 is 0 Å². The molecule has 20 nitrogen and oxygen atoms in total. The van der Waals surface area contributed by atoms with Crippen LogP contribution in [0.25, 0.3) is 0 Å². The Bertz CT molecular complexity index is 1520. The second-order valence-corrected chi connectivity index (χ2v) is 12.8. The fourth-order valence-electron chi connectivity index (χ4n) is 5.43. The lowest BCUT2D eigenvalue weighted by Gasteiger charge is -2.22. The molecule has 11 N–H and O–H groups in total. The maximum Gasteiger partial charge on any atom is 0.335 e. The number of aliphatic imine (C=N–C) groups is 1. The Morgan fingerprint density at radius 3 is 1.98 bits per heavy atom. The lowest BCUT2D eigenvalue weighted by molar-refractivity contribution is -0.152. The van der Waals surface area contributed by atoms with E-state index in [0.717, 1.165) is 24.8 Å². The Morgan fingerprint density at radius 2 is 1.36 bits per heavy atom. The molecule has 1 aliphatic heterocycles. The third-order valence-corrected chi connectivity index (χ3v) is 8.48. The number of phenolic OH excluding ortho intramolecular Hbond substituents is 1. The molecule has 0 radical (unpaired) electrons. The number of amides is 5. The fraction of sp³-hybridized carbons (Fsp3) is 0.600. The van der Waals surface area contributed by atoms with Gasteiger partial charge in [0, 0.05) is 0 Å². The predicted octanol–water partition coefficient (Wildman–Crippen LogP) is -2.19. The van der Waals surface area contributed by atoms with Crippen LogP contribution in [-0.4, -0.2) is 141 Å². The van der Waals surface area contributed by atoms with Crippen molar-refractivity contribution in [3.63, 3.8) is 0 Å². The molecule has 1 aromatic carbocycles. The van der Waals surface area contributed by atoms with Crippen molar-refractivity contribution in [3.05, 3.63) is 29.3 Å². The van der Waals surface area contributed by atoms with Gasteiger partial charge in [0.2, 0.25) is 35.4 Å². The zero-order chi connectivity index (χ0) is 40.9. The Hall–Kier alpha value is -5.34. The molecule has 0 aromatic heterocycles. The third-order valence-electron chi connectivity index (χ3n) is 8.48. The summed E-state index contributed by atoms with van der Waals surface area (Å²) in [4.78, 5) is 88.7. The number of nitrogens with zero attached hydrogens (tertiary/aromatic N) is 1. The molecule has 55 heavy (non-hydrogen) atoms. The lowest BCUT2D eigenvalue weighted by Crippen LogP contribution is -2.58. The van der Waals surface area contributed by atoms with Crippen LogP contribution in [0.15, 0.2) is 23.2 Å². The number of aryl methyl sites for hydroxylation is 1. The zero-order valence-corrected chi connectivity index (χ0v) is 30.6. The monoisotopic (exact) mass is 780 g/mol. The second-order valence-electron chi connectivity index (χ2n) is 12.8. The number of carboxylic acids is 2. The second kappa shape index (κ2) is 24.1. The highest BCUT2D eigenvalue weighted by Crippen LogP contribution is 2.27. The number of aliphatic carboxylic acids is 2. The normalized spacial score (nSPS) is 15.6. The largest absolute Gasteiger partial charge is 0.507 e. The van der Waals surface area contributed by atoms with Crippen LogP contribution in [0.1, 0.15) is 75.8 Å². The molecule has 1 aliphatic rings. The van der Waals surface area contributed by atoms with Gasteiger partial charge in [0.15, 0.2) is 18.2 Å². The molecule has 0 saturated carbocycles. The summed E-state index contributed by atoms with van der Waals surface area (Å²) in [7, 11) is 0. The number of aromatic hydroxyl groups is 1. The van der Waals surface area contributed by atoms with Gasteiger partial charge in [-0.3, -0.25) is 24.0 Å². The summed E-state index contributed by atoms with van der Waals surface area (Å²) in [6.07, 6.45) is 6.42. The molecule has 5 amide bonds. The predicted molar refractivity (Wildman–Crippen MR) is 193 cm³/mol. The van der Waals surface area contributed by atoms with Crippen LogP contribution in [-0.2, 0) is 44.7 Å². The van der Waals surface area contributed by atoms with Crippen molar-refractivity contribution < 1.29 is 68.9 Å². The van der Waals surface area contributed by atoms with E-state index in [9.17, 15) is 54.0 Å². The Kier molecular flexibility index (Phi) is 20.1. The van der Waals surface area contributed by atoms with E-state index in [-0.39, 0.29) is 18.3 Å². The molecular weight excluding hydrogens is 728 g/mol. The topological polar surface area (TPSA) is 323 Å². The first-order chi connectivity index (χ1) is 26.2. The molecule has 0 aliphatic carbocycles. The van der Waals surface area contributed by atoms with Crippen LogP contribution in [0, 0.1) is 0 Å². The van der Waals surface area contributed by atoms with E-state index in [1.807, 2.05) is 22.0 Å². The minimum Gasteiger partial charge on any atom is -0.507 e. The summed E-state index contributed by atoms with van der Waals surface area (Å²) in [5.41, 5.74) is 1.22. The van der Waals surface area contributed by atoms with Crippen molar-refractivity contribution in [2.24, 2.45) is 4.99 Å². The van der Waals surface area contributed by atoms with Gasteiger partial charge in [-0.2, -0.15) is 0 Å². The Labute approximate surface area is 317 Å². The van der Waals surface area contributed by atoms with E-state index in [1.54, 1.807) is 6.07 Å². The summed E-state index contributed by atoms with van der Waals surface area (Å²) < 4.78 is 5.65. The quantitative estimate of drug-likeness (QED) is 0.0445. The molecule has 1 aromatic rings. The molecule has 0 fully saturated rings. The maximum atomic E-state index is 12.8. The van der Waals surface area contributed by atoms with Gasteiger partial charge < -0.3 is 62.0 Å². The average Bonchev–Trinajstić information content (AvgIpc) is 3.65. The number of phenols is 1. The highest BCUT2D eigenvalue weighted by atomic mass is 16.5. The molecule has 20 heteroatoms. The van der Waals surface area contributed by atoms with Gasteiger partial charge in [0.25, 0.3) is 0 Å². The number of ether oxygens (including phenoxy) is 1. The molecular formula is C35H52N6O14. The Morgan fingerprint density at radius 1 is 0.782 bits per heavy atom. The number of rotatable bonds is 26. The first-order valence-corrected chi connectivity index (χ1v) is 18.0. The van der Waals surface area contributed by atoms with Crippen molar-refractivity contribution in [2.75, 3.05) is 32.8 Å². The molecule has 0 saturated heterocycles. The average molecular weight is 781 g/mol. The number of aliphatic hydroxyl groups is 3. The smallest absolute Gasteiger partial charge is 0.335 e. The van der Waals surface area contributed by atoms with E-state index in [0.29, 0.717) is 12.0 Å². The highest BCUT2D eigenvalue weighted by molar-refractivity contribution is 6.02. The number of carboxylic acid groups (broad SMARTS) is 2. The standard InChI is InChI=1S/C35H52N6O14/c1-2-3-4-5-6-7-8-9-10-12-20-13-11-14-23(43)27(20)33-40-22(19-55-33)31(49)37-15-24(44)36-16-26(46)41-28(30(48)35(53)54)32(50)38-17-25(45)39-21(18-42)29(47)34(51)52/h11,13-14,21-22,28-30,42-43,47-48H,2-10,12,15-19H2,1H3,(H,36,44)(H,37,49)(H,38,50)(H,39,45)(H,41,46)(H,51,52)(H,53,54). The number of aliphatic hydroxyl groups excluding tert-OH is 3. The van der Waals surface area contributed by atoms with E-state index in [2.05, 4.69) is 22.5 Å². The molecule has 5 atom stereocenters. The molecule has 1 heterocycles. The van der Waals surface area contributed by atoms with Gasteiger partial charge in [-0.1, -0.05) is 70.4 Å². The summed E-state index contributed by atoms with van der Waals surface area (Å²) in [5.74, 6) is -8.81. The van der Waals surface area contributed by atoms with Crippen molar-refractivity contribution in [1.82, 2.24) is 26.6 Å². The van der Waals surface area contributed by atoms with Crippen molar-refractivity contribution in [2.45, 2.75) is 101 Å². The summed E-state index contributed by atoms with van der Waals surface area (Å²) in [6.45, 7) is -1.34. The lowest BCUT2D eigenvalue weighted by atomic mass is 9.99. The number of hydrogen-bond acceptors (Lipinski definition) is 13. The fourth-order valence-corrected chi connectivity index (χ4v) is 5.43. The SMILES string of the molecule is CCCCCCCCCCCc1cccc(O)c1C1=NC(C(=O)NCC(=O)NCC(=O)NC(C(=O)NCC(=O)NC(CO)C(O)C(=O)O)C(O)C(=O)O)CO1. The molecule has 2 rings (SSSR count). The van der Waals surface area contributed by atoms with Gasteiger partial charge in [-0.15, -0.1) is 0 Å². The van der Waals surface area contributed by atoms with Crippen LogP contribution in [0.5, 0.6) is 5.75 Å². The van der Waals surface area contributed by atoms with Crippen LogP contribution >= 0.6 is 0 Å². The minimum absolute atomic E-state index is 0.0445. The number of carbonyl (C=O) groups is 7. The van der Waals surface area contributed by atoms with Crippen molar-refractivity contribution in [3.8, 4) is 5.75 Å². The van der Waals surface area contributed by atoms with E-state index in [4.69, 9.17) is 14.9 Å². The number of carbonyl (C=O) groups excluding carboxylic acids is 5. The minimum atomic E-state index is -2.51. The number of benzene rings is 1. The molecule has 0 bridgehead atoms. The first kappa shape index (κ1) is 45.8. The van der Waals surface area contributed by atoms with Gasteiger partial charge >= 0.3 is 11.9 Å². The third kappa shape index (κ3) is 15.9. The summed E-state index contributed by atoms with van der Waals surface area (Å²) >= 11 is 0. The van der Waals surface area contributed by atoms with Gasteiger partial charge in [0.1, 0.15) is 18.4 Å². The molecule has 5 unspecified atom stereocenters. The van der Waals surface area contributed by atoms with E-state index in [1.165, 1.54) is 44.6 Å². The van der Waals surface area contributed by atoms with Crippen LogP contribution in [0.3, 0.4) is 0 Å². The molecule has 306 valence electrons. The number of hydrogen-bond donors (Lipinski definition) is 11. The van der Waals surface area contributed by atoms with Crippen LogP contribution in [0.4, 0.5) is 0 Å². The van der Waals surface area contributed by atoms with Gasteiger partial charge in [-0.05, 0) is 24.5 Å². The first-order valence-electron chi connectivity index (χ1n) is 18.0. The summed E-state index contributed by atoms with van der Waals surface area (Å²) in [5, 5.41) is 67.4. The molecule has 0 spiro atoms. The van der Waals surface area contributed by atoms with Gasteiger partial charge in [-0.25, -0.2) is 14.6 Å². The van der Waals surface area contributed by atoms with Crippen molar-refractivity contribution in [1.29, 1.82) is 0 Å². The maximum absolute atomic E-state index is 12.8. The van der Waals surface area contributed by atoms with Crippen LogP contribution < -0.4 is 26.6 Å². The highest BCUT2D eigenvalue weighted by Gasteiger charge is 2.34. The zero-order valence-electron chi connectivity index (χ0n) is 30.6. The van der Waals surface area contributed by atoms with Gasteiger partial charge in [0.05, 0.1) is 37.8 Å². The number of unbranched alkanes of at least 4 members (excludes halogenated alkanes) is 8. The Balaban J connectivity index is 1.85. The van der Waals surface area contributed by atoms with Crippen LogP contribution in [0.2, 0.25) is 0 Å².